The molecule has 3 N–H and O–H groups in total. The number of rotatable bonds is 2. The zero-order valence-corrected chi connectivity index (χ0v) is 11.2. The maximum Gasteiger partial charge on any atom is 0.255 e. The normalized spacial score (nSPS) is 10.3. The standard InChI is InChI=1S/C13H9BrF2N2O/c14-9-3-2-8(6-10(9)15)18-13(19)7-1-4-12(17)11(16)5-7/h1-6H,17H2,(H,18,19). The van der Waals surface area contributed by atoms with E-state index < -0.39 is 17.5 Å². The fourth-order valence-corrected chi connectivity index (χ4v) is 1.69. The highest BCUT2D eigenvalue weighted by Crippen LogP contribution is 2.20. The summed E-state index contributed by atoms with van der Waals surface area (Å²) in [6, 6.07) is 7.87. The van der Waals surface area contributed by atoms with Crippen LogP contribution in [-0.2, 0) is 0 Å². The average molecular weight is 327 g/mol. The molecule has 0 radical (unpaired) electrons. The molecule has 3 nitrogen and oxygen atoms in total. The van der Waals surface area contributed by atoms with E-state index in [4.69, 9.17) is 5.73 Å². The summed E-state index contributed by atoms with van der Waals surface area (Å²) in [6.45, 7) is 0. The smallest absolute Gasteiger partial charge is 0.255 e. The van der Waals surface area contributed by atoms with Crippen molar-refractivity contribution < 1.29 is 13.6 Å². The molecule has 0 heterocycles. The molecule has 2 aromatic carbocycles. The zero-order valence-electron chi connectivity index (χ0n) is 9.58. The summed E-state index contributed by atoms with van der Waals surface area (Å²) >= 11 is 3.01. The molecule has 98 valence electrons. The Labute approximate surface area is 116 Å². The van der Waals surface area contributed by atoms with Gasteiger partial charge in [-0.3, -0.25) is 4.79 Å². The third-order valence-corrected chi connectivity index (χ3v) is 3.08. The molecule has 0 atom stereocenters. The van der Waals surface area contributed by atoms with Gasteiger partial charge in [0.2, 0.25) is 0 Å². The number of carbonyl (C=O) groups is 1. The summed E-state index contributed by atoms with van der Waals surface area (Å²) in [5.74, 6) is -1.71. The number of anilines is 2. The summed E-state index contributed by atoms with van der Waals surface area (Å²) in [5.41, 5.74) is 5.67. The van der Waals surface area contributed by atoms with Crippen molar-refractivity contribution in [2.45, 2.75) is 0 Å². The Bertz CT molecular complexity index is 647. The Morgan fingerprint density at radius 1 is 1.11 bits per heavy atom. The van der Waals surface area contributed by atoms with Gasteiger partial charge in [-0.15, -0.1) is 0 Å². The van der Waals surface area contributed by atoms with E-state index in [1.54, 1.807) is 0 Å². The Morgan fingerprint density at radius 3 is 2.47 bits per heavy atom. The monoisotopic (exact) mass is 326 g/mol. The average Bonchev–Trinajstić information content (AvgIpc) is 2.37. The quantitative estimate of drug-likeness (QED) is 0.829. The largest absolute Gasteiger partial charge is 0.396 e. The van der Waals surface area contributed by atoms with Crippen LogP contribution in [0.25, 0.3) is 0 Å². The maximum atomic E-state index is 13.3. The van der Waals surface area contributed by atoms with Crippen molar-refractivity contribution >= 4 is 33.2 Å². The fraction of sp³-hybridized carbons (Fsp3) is 0. The lowest BCUT2D eigenvalue weighted by atomic mass is 10.2. The van der Waals surface area contributed by atoms with Gasteiger partial charge in [0.15, 0.2) is 0 Å². The molecule has 0 saturated heterocycles. The van der Waals surface area contributed by atoms with Crippen LogP contribution in [0.3, 0.4) is 0 Å². The molecule has 2 rings (SSSR count). The molecular formula is C13H9BrF2N2O. The fourth-order valence-electron chi connectivity index (χ4n) is 1.45. The molecule has 19 heavy (non-hydrogen) atoms. The van der Waals surface area contributed by atoms with Crippen LogP contribution in [0, 0.1) is 11.6 Å². The highest BCUT2D eigenvalue weighted by atomic mass is 79.9. The third-order valence-electron chi connectivity index (χ3n) is 2.44. The van der Waals surface area contributed by atoms with E-state index in [-0.39, 0.29) is 16.9 Å². The van der Waals surface area contributed by atoms with Crippen LogP contribution in [0.15, 0.2) is 40.9 Å². The summed E-state index contributed by atoms with van der Waals surface area (Å²) in [7, 11) is 0. The summed E-state index contributed by atoms with van der Waals surface area (Å²) in [5, 5.41) is 2.47. The summed E-state index contributed by atoms with van der Waals surface area (Å²) < 4.78 is 26.8. The Balaban J connectivity index is 2.20. The van der Waals surface area contributed by atoms with E-state index in [2.05, 4.69) is 21.2 Å². The minimum atomic E-state index is -0.672. The molecule has 0 bridgehead atoms. The molecule has 0 aliphatic heterocycles. The maximum absolute atomic E-state index is 13.3. The van der Waals surface area contributed by atoms with Gasteiger partial charge in [-0.05, 0) is 52.3 Å². The third kappa shape index (κ3) is 3.08. The van der Waals surface area contributed by atoms with Crippen molar-refractivity contribution in [1.82, 2.24) is 0 Å². The van der Waals surface area contributed by atoms with Crippen LogP contribution in [0.2, 0.25) is 0 Å². The van der Waals surface area contributed by atoms with Gasteiger partial charge in [-0.2, -0.15) is 0 Å². The number of hydrogen-bond acceptors (Lipinski definition) is 2. The summed E-state index contributed by atoms with van der Waals surface area (Å²) in [4.78, 5) is 11.8. The first kappa shape index (κ1) is 13.5. The van der Waals surface area contributed by atoms with Gasteiger partial charge in [-0.1, -0.05) is 0 Å². The minimum Gasteiger partial charge on any atom is -0.396 e. The van der Waals surface area contributed by atoms with Crippen molar-refractivity contribution in [2.24, 2.45) is 0 Å². The number of amides is 1. The van der Waals surface area contributed by atoms with Crippen LogP contribution in [-0.4, -0.2) is 5.91 Å². The number of benzene rings is 2. The number of carbonyl (C=O) groups excluding carboxylic acids is 1. The predicted molar refractivity (Wildman–Crippen MR) is 72.9 cm³/mol. The minimum absolute atomic E-state index is 0.0359. The van der Waals surface area contributed by atoms with E-state index in [1.807, 2.05) is 0 Å². The van der Waals surface area contributed by atoms with Crippen molar-refractivity contribution in [2.75, 3.05) is 11.1 Å². The number of nitrogen functional groups attached to an aromatic ring is 1. The lowest BCUT2D eigenvalue weighted by molar-refractivity contribution is 0.102. The van der Waals surface area contributed by atoms with Crippen LogP contribution in [0.5, 0.6) is 0 Å². The highest BCUT2D eigenvalue weighted by molar-refractivity contribution is 9.10. The number of nitrogens with one attached hydrogen (secondary N) is 1. The first-order valence-corrected chi connectivity index (χ1v) is 6.08. The van der Waals surface area contributed by atoms with Crippen molar-refractivity contribution in [3.63, 3.8) is 0 Å². The lowest BCUT2D eigenvalue weighted by Gasteiger charge is -2.06. The molecule has 0 unspecified atom stereocenters. The first-order valence-electron chi connectivity index (χ1n) is 5.29. The molecule has 2 aromatic rings. The molecule has 0 aliphatic rings. The Kier molecular flexibility index (Phi) is 3.80. The SMILES string of the molecule is Nc1ccc(C(=O)Nc2ccc(Br)c(F)c2)cc1F. The van der Waals surface area contributed by atoms with Gasteiger partial charge in [-0.25, -0.2) is 8.78 Å². The van der Waals surface area contributed by atoms with E-state index in [1.165, 1.54) is 24.3 Å². The molecule has 6 heteroatoms. The van der Waals surface area contributed by atoms with E-state index in [9.17, 15) is 13.6 Å². The molecule has 0 saturated carbocycles. The molecular weight excluding hydrogens is 318 g/mol. The van der Waals surface area contributed by atoms with Gasteiger partial charge in [0.25, 0.3) is 5.91 Å². The second-order valence-electron chi connectivity index (χ2n) is 3.82. The van der Waals surface area contributed by atoms with Crippen LogP contribution >= 0.6 is 15.9 Å². The van der Waals surface area contributed by atoms with E-state index in [0.29, 0.717) is 4.47 Å². The van der Waals surface area contributed by atoms with E-state index in [0.717, 1.165) is 12.1 Å². The van der Waals surface area contributed by atoms with Crippen LogP contribution in [0.4, 0.5) is 20.2 Å². The highest BCUT2D eigenvalue weighted by Gasteiger charge is 2.10. The van der Waals surface area contributed by atoms with Crippen molar-refractivity contribution in [1.29, 1.82) is 0 Å². The second-order valence-corrected chi connectivity index (χ2v) is 4.67. The van der Waals surface area contributed by atoms with Gasteiger partial charge in [0.1, 0.15) is 11.6 Å². The van der Waals surface area contributed by atoms with Gasteiger partial charge < -0.3 is 11.1 Å². The number of hydrogen-bond donors (Lipinski definition) is 2. The molecule has 0 aliphatic carbocycles. The molecule has 1 amide bonds. The number of nitrogens with two attached hydrogens (primary N) is 1. The first-order chi connectivity index (χ1) is 8.97. The number of halogens is 3. The predicted octanol–water partition coefficient (Wildman–Crippen LogP) is 3.56. The Hall–Kier alpha value is -1.95. The van der Waals surface area contributed by atoms with Gasteiger partial charge in [0, 0.05) is 11.3 Å². The van der Waals surface area contributed by atoms with Crippen LogP contribution in [0.1, 0.15) is 10.4 Å². The van der Waals surface area contributed by atoms with E-state index >= 15 is 0 Å². The second kappa shape index (κ2) is 5.36. The summed E-state index contributed by atoms with van der Waals surface area (Å²) in [6.07, 6.45) is 0. The van der Waals surface area contributed by atoms with Gasteiger partial charge >= 0.3 is 0 Å². The topological polar surface area (TPSA) is 55.1 Å². The molecule has 0 spiro atoms. The lowest BCUT2D eigenvalue weighted by Crippen LogP contribution is -2.12. The molecule has 0 fully saturated rings. The van der Waals surface area contributed by atoms with Gasteiger partial charge in [0.05, 0.1) is 10.2 Å². The Morgan fingerprint density at radius 2 is 1.84 bits per heavy atom. The van der Waals surface area contributed by atoms with Crippen molar-refractivity contribution in [3.05, 3.63) is 58.1 Å². The van der Waals surface area contributed by atoms with Crippen molar-refractivity contribution in [3.8, 4) is 0 Å². The van der Waals surface area contributed by atoms with Crippen LogP contribution < -0.4 is 11.1 Å². The molecule has 0 aromatic heterocycles. The zero-order chi connectivity index (χ0) is 14.0.